The Morgan fingerprint density at radius 1 is 1.39 bits per heavy atom. The Labute approximate surface area is 133 Å². The third-order valence-corrected chi connectivity index (χ3v) is 3.85. The molecule has 2 heterocycles. The zero-order valence-corrected chi connectivity index (χ0v) is 12.8. The number of cyclic esters (lactones) is 1. The number of hydrogen-bond acceptors (Lipinski definition) is 4. The molecule has 0 saturated carbocycles. The van der Waals surface area contributed by atoms with Crippen LogP contribution in [0.4, 0.5) is 20.6 Å². The Bertz CT molecular complexity index is 654. The second-order valence-electron chi connectivity index (χ2n) is 5.57. The summed E-state index contributed by atoms with van der Waals surface area (Å²) in [6.45, 7) is 3.29. The number of rotatable bonds is 4. The third-order valence-electron chi connectivity index (χ3n) is 3.85. The summed E-state index contributed by atoms with van der Waals surface area (Å²) in [4.78, 5) is 26.1. The highest BCUT2D eigenvalue weighted by atomic mass is 19.1. The molecule has 0 spiro atoms. The molecule has 0 radical (unpaired) electrons. The van der Waals surface area contributed by atoms with E-state index >= 15 is 0 Å². The molecule has 2 aliphatic heterocycles. The molecule has 1 aromatic rings. The molecular weight excluding hydrogens is 301 g/mol. The van der Waals surface area contributed by atoms with Crippen LogP contribution in [0.2, 0.25) is 0 Å². The average Bonchev–Trinajstić information content (AvgIpc) is 3.14. The van der Waals surface area contributed by atoms with Crippen LogP contribution < -0.4 is 15.1 Å². The molecule has 0 aromatic heterocycles. The van der Waals surface area contributed by atoms with Crippen molar-refractivity contribution < 1.29 is 18.7 Å². The predicted molar refractivity (Wildman–Crippen MR) is 84.1 cm³/mol. The van der Waals surface area contributed by atoms with Gasteiger partial charge < -0.3 is 15.0 Å². The topological polar surface area (TPSA) is 61.9 Å². The number of halogens is 1. The molecule has 1 N–H and O–H groups in total. The number of ether oxygens (including phenoxy) is 1. The molecule has 122 valence electrons. The Morgan fingerprint density at radius 2 is 2.13 bits per heavy atom. The van der Waals surface area contributed by atoms with Gasteiger partial charge in [0.05, 0.1) is 24.5 Å². The minimum absolute atomic E-state index is 0.186. The van der Waals surface area contributed by atoms with Gasteiger partial charge in [-0.25, -0.2) is 9.18 Å². The standard InChI is InChI=1S/C16H18FN3O3/c1-11(21)18-9-13-10-20(16(22)23-13)12-4-5-15(14(17)8-12)19-6-2-3-7-19/h2-5,8,13H,6-7,9-10H2,1H3,(H,18,21)/t13-/m0/s1. The fraction of sp³-hybridized carbons (Fsp3) is 0.375. The molecule has 3 rings (SSSR count). The van der Waals surface area contributed by atoms with Crippen LogP contribution >= 0.6 is 0 Å². The molecule has 0 unspecified atom stereocenters. The van der Waals surface area contributed by atoms with Crippen molar-refractivity contribution in [1.29, 1.82) is 0 Å². The monoisotopic (exact) mass is 319 g/mol. The summed E-state index contributed by atoms with van der Waals surface area (Å²) in [7, 11) is 0. The maximum absolute atomic E-state index is 14.3. The number of carbonyl (C=O) groups excluding carboxylic acids is 2. The summed E-state index contributed by atoms with van der Waals surface area (Å²) in [6, 6.07) is 4.72. The van der Waals surface area contributed by atoms with Crippen molar-refractivity contribution in [3.63, 3.8) is 0 Å². The first-order valence-electron chi connectivity index (χ1n) is 7.46. The maximum atomic E-state index is 14.3. The first-order valence-corrected chi connectivity index (χ1v) is 7.46. The van der Waals surface area contributed by atoms with Crippen molar-refractivity contribution in [1.82, 2.24) is 5.32 Å². The number of carbonyl (C=O) groups is 2. The molecular formula is C16H18FN3O3. The molecule has 2 amide bonds. The highest BCUT2D eigenvalue weighted by molar-refractivity contribution is 5.90. The van der Waals surface area contributed by atoms with Crippen LogP contribution in [0.5, 0.6) is 0 Å². The van der Waals surface area contributed by atoms with Crippen molar-refractivity contribution in [3.05, 3.63) is 36.2 Å². The number of hydrogen-bond donors (Lipinski definition) is 1. The SMILES string of the molecule is CC(=O)NC[C@H]1CN(c2ccc(N3CC=CC3)c(F)c2)C(=O)O1. The molecule has 6 nitrogen and oxygen atoms in total. The molecule has 23 heavy (non-hydrogen) atoms. The van der Waals surface area contributed by atoms with Crippen LogP contribution in [-0.4, -0.2) is 44.3 Å². The van der Waals surface area contributed by atoms with Crippen molar-refractivity contribution in [3.8, 4) is 0 Å². The van der Waals surface area contributed by atoms with Crippen LogP contribution in [0.25, 0.3) is 0 Å². The van der Waals surface area contributed by atoms with Gasteiger partial charge in [-0.1, -0.05) is 12.2 Å². The largest absolute Gasteiger partial charge is 0.442 e. The van der Waals surface area contributed by atoms with E-state index in [1.54, 1.807) is 12.1 Å². The number of anilines is 2. The average molecular weight is 319 g/mol. The molecule has 1 saturated heterocycles. The normalized spacial score (nSPS) is 20.1. The van der Waals surface area contributed by atoms with Gasteiger partial charge in [0.1, 0.15) is 11.9 Å². The van der Waals surface area contributed by atoms with E-state index in [0.717, 1.165) is 0 Å². The Hall–Kier alpha value is -2.57. The van der Waals surface area contributed by atoms with Gasteiger partial charge in [-0.2, -0.15) is 0 Å². The van der Waals surface area contributed by atoms with Crippen LogP contribution in [0, 0.1) is 5.82 Å². The lowest BCUT2D eigenvalue weighted by molar-refractivity contribution is -0.119. The van der Waals surface area contributed by atoms with Gasteiger partial charge in [0.25, 0.3) is 0 Å². The Balaban J connectivity index is 1.70. The lowest BCUT2D eigenvalue weighted by Crippen LogP contribution is -2.33. The first-order chi connectivity index (χ1) is 11.0. The van der Waals surface area contributed by atoms with Crippen molar-refractivity contribution in [2.24, 2.45) is 0 Å². The van der Waals surface area contributed by atoms with Gasteiger partial charge in [-0.05, 0) is 18.2 Å². The smallest absolute Gasteiger partial charge is 0.414 e. The van der Waals surface area contributed by atoms with Gasteiger partial charge in [0, 0.05) is 20.0 Å². The van der Waals surface area contributed by atoms with E-state index in [2.05, 4.69) is 5.32 Å². The highest BCUT2D eigenvalue weighted by Crippen LogP contribution is 2.28. The van der Waals surface area contributed by atoms with Gasteiger partial charge in [-0.15, -0.1) is 0 Å². The first kappa shape index (κ1) is 15.3. The molecule has 0 bridgehead atoms. The fourth-order valence-corrected chi connectivity index (χ4v) is 2.69. The van der Waals surface area contributed by atoms with E-state index in [9.17, 15) is 14.0 Å². The number of benzene rings is 1. The predicted octanol–water partition coefficient (Wildman–Crippen LogP) is 1.66. The second-order valence-corrected chi connectivity index (χ2v) is 5.57. The van der Waals surface area contributed by atoms with E-state index in [1.165, 1.54) is 17.9 Å². The zero-order valence-electron chi connectivity index (χ0n) is 12.8. The van der Waals surface area contributed by atoms with E-state index in [1.807, 2.05) is 17.1 Å². The maximum Gasteiger partial charge on any atom is 0.414 e. The molecule has 7 heteroatoms. The van der Waals surface area contributed by atoms with E-state index < -0.39 is 12.2 Å². The minimum Gasteiger partial charge on any atom is -0.442 e. The summed E-state index contributed by atoms with van der Waals surface area (Å²) in [6.07, 6.45) is 3.00. The number of amides is 2. The minimum atomic E-state index is -0.532. The highest BCUT2D eigenvalue weighted by Gasteiger charge is 2.32. The summed E-state index contributed by atoms with van der Waals surface area (Å²) in [5, 5.41) is 2.61. The van der Waals surface area contributed by atoms with Gasteiger partial charge >= 0.3 is 6.09 Å². The Morgan fingerprint density at radius 3 is 2.78 bits per heavy atom. The molecule has 0 aliphatic carbocycles. The summed E-state index contributed by atoms with van der Waals surface area (Å²) >= 11 is 0. The molecule has 1 atom stereocenters. The van der Waals surface area contributed by atoms with Crippen LogP contribution in [0.15, 0.2) is 30.4 Å². The Kier molecular flexibility index (Phi) is 4.18. The summed E-state index contributed by atoms with van der Waals surface area (Å²) < 4.78 is 19.5. The molecule has 2 aliphatic rings. The van der Waals surface area contributed by atoms with Crippen LogP contribution in [0.1, 0.15) is 6.92 Å². The van der Waals surface area contributed by atoms with E-state index in [-0.39, 0.29) is 24.8 Å². The van der Waals surface area contributed by atoms with Crippen molar-refractivity contribution >= 4 is 23.4 Å². The second kappa shape index (κ2) is 6.28. The third kappa shape index (κ3) is 3.28. The quantitative estimate of drug-likeness (QED) is 0.858. The van der Waals surface area contributed by atoms with E-state index in [0.29, 0.717) is 24.5 Å². The van der Waals surface area contributed by atoms with Crippen LogP contribution in [-0.2, 0) is 9.53 Å². The van der Waals surface area contributed by atoms with Crippen molar-refractivity contribution in [2.45, 2.75) is 13.0 Å². The van der Waals surface area contributed by atoms with Gasteiger partial charge in [0.2, 0.25) is 5.91 Å². The van der Waals surface area contributed by atoms with Gasteiger partial charge in [-0.3, -0.25) is 9.69 Å². The number of nitrogens with one attached hydrogen (secondary N) is 1. The van der Waals surface area contributed by atoms with Crippen molar-refractivity contribution in [2.75, 3.05) is 36.0 Å². The van der Waals surface area contributed by atoms with Gasteiger partial charge in [0.15, 0.2) is 0 Å². The zero-order chi connectivity index (χ0) is 16.4. The fourth-order valence-electron chi connectivity index (χ4n) is 2.69. The molecule has 1 aromatic carbocycles. The lowest BCUT2D eigenvalue weighted by atomic mass is 10.2. The molecule has 1 fully saturated rings. The summed E-state index contributed by atoms with van der Waals surface area (Å²) in [5.74, 6) is -0.557. The summed E-state index contributed by atoms with van der Waals surface area (Å²) in [5.41, 5.74) is 0.967. The lowest BCUT2D eigenvalue weighted by Gasteiger charge is -2.20. The number of nitrogens with zero attached hydrogens (tertiary/aromatic N) is 2. The van der Waals surface area contributed by atoms with Crippen LogP contribution in [0.3, 0.4) is 0 Å². The van der Waals surface area contributed by atoms with E-state index in [4.69, 9.17) is 4.74 Å².